The molecule has 0 bridgehead atoms. The third-order valence-corrected chi connectivity index (χ3v) is 3.56. The minimum atomic E-state index is 0.345. The molecule has 1 aromatic rings. The minimum absolute atomic E-state index is 0.345. The highest BCUT2D eigenvalue weighted by Gasteiger charge is 2.14. The molecule has 6 heteroatoms. The fourth-order valence-electron chi connectivity index (χ4n) is 2.41. The zero-order chi connectivity index (χ0) is 15.2. The van der Waals surface area contributed by atoms with Gasteiger partial charge in [0.15, 0.2) is 0 Å². The second-order valence-corrected chi connectivity index (χ2v) is 5.75. The number of aromatic nitrogens is 2. The van der Waals surface area contributed by atoms with Gasteiger partial charge in [0.1, 0.15) is 5.82 Å². The summed E-state index contributed by atoms with van der Waals surface area (Å²) in [4.78, 5) is 13.5. The molecule has 1 aromatic heterocycles. The van der Waals surface area contributed by atoms with Crippen LogP contribution in [0.5, 0.6) is 0 Å². The fraction of sp³-hybridized carbons (Fsp3) is 0.733. The average Bonchev–Trinajstić information content (AvgIpc) is 2.47. The monoisotopic (exact) mass is 293 g/mol. The van der Waals surface area contributed by atoms with E-state index in [1.807, 2.05) is 25.1 Å². The standard InChI is InChI=1S/C15H27N5O/c1-5-13-10-14(18-15(17-13)19(3)4)16-12(2)11-20-6-8-21-9-7-20/h10,12H,5-9,11H2,1-4H3,(H,16,17,18). The molecule has 1 N–H and O–H groups in total. The Kier molecular flexibility index (Phi) is 5.76. The molecule has 1 fully saturated rings. The predicted octanol–water partition coefficient (Wildman–Crippen LogP) is 1.24. The summed E-state index contributed by atoms with van der Waals surface area (Å²) in [5.41, 5.74) is 1.06. The van der Waals surface area contributed by atoms with Crippen molar-refractivity contribution in [3.05, 3.63) is 11.8 Å². The highest BCUT2D eigenvalue weighted by Crippen LogP contribution is 2.14. The zero-order valence-corrected chi connectivity index (χ0v) is 13.6. The van der Waals surface area contributed by atoms with E-state index >= 15 is 0 Å². The Labute approximate surface area is 127 Å². The van der Waals surface area contributed by atoms with Crippen molar-refractivity contribution in [3.8, 4) is 0 Å². The van der Waals surface area contributed by atoms with E-state index in [1.165, 1.54) is 0 Å². The molecule has 1 aliphatic rings. The first kappa shape index (κ1) is 16.0. The SMILES string of the molecule is CCc1cc(NC(C)CN2CCOCC2)nc(N(C)C)n1. The van der Waals surface area contributed by atoms with Crippen molar-refractivity contribution in [2.45, 2.75) is 26.3 Å². The molecule has 1 aliphatic heterocycles. The lowest BCUT2D eigenvalue weighted by molar-refractivity contribution is 0.0368. The third-order valence-electron chi connectivity index (χ3n) is 3.56. The molecule has 1 atom stereocenters. The number of rotatable bonds is 6. The smallest absolute Gasteiger partial charge is 0.226 e. The molecule has 0 aliphatic carbocycles. The first-order chi connectivity index (χ1) is 10.1. The highest BCUT2D eigenvalue weighted by atomic mass is 16.5. The van der Waals surface area contributed by atoms with Crippen LogP contribution in [-0.4, -0.2) is 67.9 Å². The van der Waals surface area contributed by atoms with E-state index in [2.05, 4.69) is 34.0 Å². The minimum Gasteiger partial charge on any atom is -0.379 e. The molecule has 0 aromatic carbocycles. The van der Waals surface area contributed by atoms with E-state index in [1.54, 1.807) is 0 Å². The molecular weight excluding hydrogens is 266 g/mol. The van der Waals surface area contributed by atoms with Gasteiger partial charge in [-0.2, -0.15) is 4.98 Å². The Morgan fingerprint density at radius 2 is 2.05 bits per heavy atom. The van der Waals surface area contributed by atoms with Gasteiger partial charge in [0.2, 0.25) is 5.95 Å². The lowest BCUT2D eigenvalue weighted by atomic mass is 10.2. The van der Waals surface area contributed by atoms with Crippen LogP contribution in [0.25, 0.3) is 0 Å². The molecule has 118 valence electrons. The summed E-state index contributed by atoms with van der Waals surface area (Å²) < 4.78 is 5.38. The number of ether oxygens (including phenoxy) is 1. The first-order valence-electron chi connectivity index (χ1n) is 7.70. The third kappa shape index (κ3) is 4.82. The first-order valence-corrected chi connectivity index (χ1v) is 7.70. The van der Waals surface area contributed by atoms with E-state index in [-0.39, 0.29) is 0 Å². The van der Waals surface area contributed by atoms with Gasteiger partial charge >= 0.3 is 0 Å². The van der Waals surface area contributed by atoms with Crippen LogP contribution in [0.3, 0.4) is 0 Å². The Balaban J connectivity index is 1.98. The molecule has 0 radical (unpaired) electrons. The van der Waals surface area contributed by atoms with Gasteiger partial charge in [-0.25, -0.2) is 4.98 Å². The van der Waals surface area contributed by atoms with Crippen molar-refractivity contribution in [3.63, 3.8) is 0 Å². The summed E-state index contributed by atoms with van der Waals surface area (Å²) in [5, 5.41) is 3.50. The van der Waals surface area contributed by atoms with Gasteiger partial charge in [0.25, 0.3) is 0 Å². The molecule has 21 heavy (non-hydrogen) atoms. The van der Waals surface area contributed by atoms with E-state index in [4.69, 9.17) is 4.74 Å². The van der Waals surface area contributed by atoms with Gasteiger partial charge in [-0.15, -0.1) is 0 Å². The Morgan fingerprint density at radius 1 is 1.33 bits per heavy atom. The van der Waals surface area contributed by atoms with Crippen LogP contribution in [0, 0.1) is 0 Å². The Hall–Kier alpha value is -1.40. The molecule has 0 amide bonds. The maximum atomic E-state index is 5.38. The molecule has 0 saturated carbocycles. The van der Waals surface area contributed by atoms with Crippen molar-refractivity contribution in [2.75, 3.05) is 57.2 Å². The molecular formula is C15H27N5O. The van der Waals surface area contributed by atoms with Gasteiger partial charge in [-0.1, -0.05) is 6.92 Å². The Bertz CT molecular complexity index is 446. The second-order valence-electron chi connectivity index (χ2n) is 5.75. The van der Waals surface area contributed by atoms with Crippen molar-refractivity contribution in [2.24, 2.45) is 0 Å². The number of aryl methyl sites for hydroxylation is 1. The largest absolute Gasteiger partial charge is 0.379 e. The predicted molar refractivity (Wildman–Crippen MR) is 86.1 cm³/mol. The van der Waals surface area contributed by atoms with E-state index < -0.39 is 0 Å². The van der Waals surface area contributed by atoms with Crippen LogP contribution in [-0.2, 0) is 11.2 Å². The van der Waals surface area contributed by atoms with Crippen LogP contribution < -0.4 is 10.2 Å². The summed E-state index contributed by atoms with van der Waals surface area (Å²) in [6.07, 6.45) is 0.913. The van der Waals surface area contributed by atoms with Gasteiger partial charge in [0.05, 0.1) is 13.2 Å². The summed E-state index contributed by atoms with van der Waals surface area (Å²) in [6.45, 7) is 9.02. The van der Waals surface area contributed by atoms with Crippen LogP contribution >= 0.6 is 0 Å². The fourth-order valence-corrected chi connectivity index (χ4v) is 2.41. The van der Waals surface area contributed by atoms with E-state index in [9.17, 15) is 0 Å². The Morgan fingerprint density at radius 3 is 2.67 bits per heavy atom. The molecule has 6 nitrogen and oxygen atoms in total. The highest BCUT2D eigenvalue weighted by molar-refractivity contribution is 5.43. The van der Waals surface area contributed by atoms with Crippen LogP contribution in [0.4, 0.5) is 11.8 Å². The van der Waals surface area contributed by atoms with Crippen LogP contribution in [0.1, 0.15) is 19.5 Å². The van der Waals surface area contributed by atoms with Crippen LogP contribution in [0.2, 0.25) is 0 Å². The number of hydrogen-bond donors (Lipinski definition) is 1. The van der Waals surface area contributed by atoms with Gasteiger partial charge in [-0.05, 0) is 13.3 Å². The molecule has 1 unspecified atom stereocenters. The number of hydrogen-bond acceptors (Lipinski definition) is 6. The number of nitrogens with zero attached hydrogens (tertiary/aromatic N) is 4. The average molecular weight is 293 g/mol. The van der Waals surface area contributed by atoms with Crippen molar-refractivity contribution in [1.82, 2.24) is 14.9 Å². The van der Waals surface area contributed by atoms with Gasteiger partial charge < -0.3 is 15.0 Å². The number of anilines is 2. The van der Waals surface area contributed by atoms with E-state index in [0.717, 1.165) is 56.7 Å². The second kappa shape index (κ2) is 7.56. The number of nitrogens with one attached hydrogen (secondary N) is 1. The molecule has 2 rings (SSSR count). The topological polar surface area (TPSA) is 53.5 Å². The molecule has 2 heterocycles. The maximum Gasteiger partial charge on any atom is 0.226 e. The van der Waals surface area contributed by atoms with Crippen molar-refractivity contribution >= 4 is 11.8 Å². The maximum absolute atomic E-state index is 5.38. The summed E-state index contributed by atoms with van der Waals surface area (Å²) in [5.74, 6) is 1.67. The quantitative estimate of drug-likeness (QED) is 0.851. The van der Waals surface area contributed by atoms with Crippen LogP contribution in [0.15, 0.2) is 6.07 Å². The van der Waals surface area contributed by atoms with E-state index in [0.29, 0.717) is 6.04 Å². The number of morpholine rings is 1. The van der Waals surface area contributed by atoms with Crippen molar-refractivity contribution in [1.29, 1.82) is 0 Å². The van der Waals surface area contributed by atoms with Crippen molar-refractivity contribution < 1.29 is 4.74 Å². The van der Waals surface area contributed by atoms with Gasteiger partial charge in [-0.3, -0.25) is 4.90 Å². The normalized spacial score (nSPS) is 17.5. The molecule has 1 saturated heterocycles. The zero-order valence-electron chi connectivity index (χ0n) is 13.6. The lowest BCUT2D eigenvalue weighted by Crippen LogP contribution is -2.42. The summed E-state index contributed by atoms with van der Waals surface area (Å²) >= 11 is 0. The summed E-state index contributed by atoms with van der Waals surface area (Å²) in [7, 11) is 3.94. The summed E-state index contributed by atoms with van der Waals surface area (Å²) in [6, 6.07) is 2.39. The van der Waals surface area contributed by atoms with Gasteiger partial charge in [0, 0.05) is 51.5 Å². The lowest BCUT2D eigenvalue weighted by Gasteiger charge is -2.29. The molecule has 0 spiro atoms.